The van der Waals surface area contributed by atoms with Crippen molar-refractivity contribution >= 4 is 29.1 Å². The van der Waals surface area contributed by atoms with E-state index in [0.717, 1.165) is 5.56 Å². The van der Waals surface area contributed by atoms with Crippen molar-refractivity contribution in [3.8, 4) is 0 Å². The average molecular weight is 379 g/mol. The molecule has 3 rings (SSSR count). The zero-order valence-corrected chi connectivity index (χ0v) is 15.3. The number of hydrogen-bond donors (Lipinski definition) is 2. The second kappa shape index (κ2) is 9.01. The lowest BCUT2D eigenvalue weighted by Gasteiger charge is -2.19. The fraction of sp³-hybridized carbons (Fsp3) is 0.0909. The van der Waals surface area contributed by atoms with Crippen LogP contribution in [-0.4, -0.2) is 17.9 Å². The van der Waals surface area contributed by atoms with Gasteiger partial charge in [0.25, 0.3) is 5.91 Å². The Morgan fingerprint density at radius 1 is 0.815 bits per heavy atom. The number of carbonyl (C=O) groups excluding carboxylic acids is 2. The Morgan fingerprint density at radius 2 is 1.41 bits per heavy atom. The highest BCUT2D eigenvalue weighted by molar-refractivity contribution is 6.30. The molecule has 0 radical (unpaired) electrons. The summed E-state index contributed by atoms with van der Waals surface area (Å²) < 4.78 is 0. The molecular weight excluding hydrogens is 360 g/mol. The molecule has 3 aromatic rings. The largest absolute Gasteiger partial charge is 0.340 e. The normalized spacial score (nSPS) is 11.4. The molecule has 0 fully saturated rings. The molecule has 1 atom stereocenters. The van der Waals surface area contributed by atoms with Crippen LogP contribution in [0.15, 0.2) is 84.9 Å². The lowest BCUT2D eigenvalue weighted by Crippen LogP contribution is -2.45. The number of hydrogen-bond acceptors (Lipinski definition) is 2. The maximum Gasteiger partial charge on any atom is 0.251 e. The molecule has 136 valence electrons. The Labute approximate surface area is 163 Å². The first-order valence-corrected chi connectivity index (χ1v) is 8.96. The molecule has 3 aromatic carbocycles. The summed E-state index contributed by atoms with van der Waals surface area (Å²) in [5, 5.41) is 6.23. The van der Waals surface area contributed by atoms with Gasteiger partial charge >= 0.3 is 0 Å². The zero-order valence-electron chi connectivity index (χ0n) is 14.6. The van der Waals surface area contributed by atoms with Gasteiger partial charge in [-0.15, -0.1) is 0 Å². The predicted octanol–water partition coefficient (Wildman–Crippen LogP) is 4.32. The number of nitrogens with one attached hydrogen (secondary N) is 2. The van der Waals surface area contributed by atoms with Crippen molar-refractivity contribution in [2.45, 2.75) is 12.5 Å². The molecule has 0 aliphatic carbocycles. The van der Waals surface area contributed by atoms with E-state index in [2.05, 4.69) is 10.6 Å². The van der Waals surface area contributed by atoms with Crippen molar-refractivity contribution in [3.05, 3.63) is 101 Å². The van der Waals surface area contributed by atoms with Gasteiger partial charge in [0.05, 0.1) is 0 Å². The molecule has 0 saturated heterocycles. The molecule has 0 spiro atoms. The highest BCUT2D eigenvalue weighted by Gasteiger charge is 2.22. The van der Waals surface area contributed by atoms with Gasteiger partial charge in [-0.3, -0.25) is 9.59 Å². The van der Waals surface area contributed by atoms with E-state index in [4.69, 9.17) is 11.6 Å². The first kappa shape index (κ1) is 18.7. The molecule has 27 heavy (non-hydrogen) atoms. The third kappa shape index (κ3) is 5.43. The van der Waals surface area contributed by atoms with Gasteiger partial charge < -0.3 is 10.6 Å². The van der Waals surface area contributed by atoms with Crippen LogP contribution < -0.4 is 10.6 Å². The van der Waals surface area contributed by atoms with Crippen molar-refractivity contribution in [2.75, 3.05) is 5.32 Å². The second-order valence-electron chi connectivity index (χ2n) is 6.08. The van der Waals surface area contributed by atoms with Crippen molar-refractivity contribution in [1.29, 1.82) is 0 Å². The fourth-order valence-electron chi connectivity index (χ4n) is 2.65. The molecule has 4 nitrogen and oxygen atoms in total. The maximum atomic E-state index is 12.8. The van der Waals surface area contributed by atoms with E-state index in [9.17, 15) is 9.59 Å². The van der Waals surface area contributed by atoms with E-state index in [-0.39, 0.29) is 11.8 Å². The molecule has 5 heteroatoms. The number of amides is 2. The number of benzene rings is 3. The molecule has 0 saturated carbocycles. The summed E-state index contributed by atoms with van der Waals surface area (Å²) in [6.07, 6.45) is 0.388. The molecule has 0 aliphatic rings. The van der Waals surface area contributed by atoms with Gasteiger partial charge in [0.2, 0.25) is 5.91 Å². The number of anilines is 1. The van der Waals surface area contributed by atoms with Gasteiger partial charge in [0.1, 0.15) is 6.04 Å². The van der Waals surface area contributed by atoms with Crippen molar-refractivity contribution in [1.82, 2.24) is 5.32 Å². The summed E-state index contributed by atoms with van der Waals surface area (Å²) in [7, 11) is 0. The summed E-state index contributed by atoms with van der Waals surface area (Å²) in [5.41, 5.74) is 2.09. The Hall–Kier alpha value is -3.11. The summed E-state index contributed by atoms with van der Waals surface area (Å²) in [5.74, 6) is -0.594. The van der Waals surface area contributed by atoms with Crippen LogP contribution in [0.4, 0.5) is 5.69 Å². The predicted molar refractivity (Wildman–Crippen MR) is 108 cm³/mol. The van der Waals surface area contributed by atoms with Gasteiger partial charge in [-0.2, -0.15) is 0 Å². The monoisotopic (exact) mass is 378 g/mol. The summed E-state index contributed by atoms with van der Waals surface area (Å²) in [6.45, 7) is 0. The fourth-order valence-corrected chi connectivity index (χ4v) is 2.78. The number of halogens is 1. The maximum absolute atomic E-state index is 12.8. The van der Waals surface area contributed by atoms with E-state index in [1.165, 1.54) is 0 Å². The zero-order chi connectivity index (χ0) is 19.1. The molecule has 0 aliphatic heterocycles. The Morgan fingerprint density at radius 3 is 2.04 bits per heavy atom. The molecule has 0 aromatic heterocycles. The lowest BCUT2D eigenvalue weighted by atomic mass is 10.0. The smallest absolute Gasteiger partial charge is 0.251 e. The van der Waals surface area contributed by atoms with E-state index in [0.29, 0.717) is 22.7 Å². The minimum absolute atomic E-state index is 0.271. The first-order valence-electron chi connectivity index (χ1n) is 8.58. The third-order valence-electron chi connectivity index (χ3n) is 4.05. The van der Waals surface area contributed by atoms with Crippen LogP contribution in [0, 0.1) is 0 Å². The number of carbonyl (C=O) groups is 2. The lowest BCUT2D eigenvalue weighted by molar-refractivity contribution is -0.118. The quantitative estimate of drug-likeness (QED) is 0.671. The standard InChI is InChI=1S/C22H19ClN2O2/c23-18-13-11-17(12-14-18)21(26)25-20(15-16-7-3-1-4-8-16)22(27)24-19-9-5-2-6-10-19/h1-14,20H,15H2,(H,24,27)(H,25,26)/t20-/m1/s1. The molecular formula is C22H19ClN2O2. The molecule has 2 amide bonds. The van der Waals surface area contributed by atoms with Gasteiger partial charge in [0, 0.05) is 22.7 Å². The Kier molecular flexibility index (Phi) is 6.23. The molecule has 0 heterocycles. The highest BCUT2D eigenvalue weighted by atomic mass is 35.5. The summed E-state index contributed by atoms with van der Waals surface area (Å²) in [4.78, 5) is 25.4. The van der Waals surface area contributed by atoms with Gasteiger partial charge in [-0.05, 0) is 42.0 Å². The molecule has 0 unspecified atom stereocenters. The van der Waals surface area contributed by atoms with Gasteiger partial charge in [-0.25, -0.2) is 0 Å². The van der Waals surface area contributed by atoms with Crippen LogP contribution >= 0.6 is 11.6 Å². The van der Waals surface area contributed by atoms with E-state index < -0.39 is 6.04 Å². The third-order valence-corrected chi connectivity index (χ3v) is 4.30. The van der Waals surface area contributed by atoms with Crippen LogP contribution in [0.2, 0.25) is 5.02 Å². The van der Waals surface area contributed by atoms with Gasteiger partial charge in [-0.1, -0.05) is 60.1 Å². The summed E-state index contributed by atoms with van der Waals surface area (Å²) in [6, 6.07) is 24.6. The van der Waals surface area contributed by atoms with Crippen LogP contribution in [0.3, 0.4) is 0 Å². The molecule has 2 N–H and O–H groups in total. The number of rotatable bonds is 6. The van der Waals surface area contributed by atoms with Crippen LogP contribution in [0.25, 0.3) is 0 Å². The Bertz CT molecular complexity index is 897. The average Bonchev–Trinajstić information content (AvgIpc) is 2.69. The van der Waals surface area contributed by atoms with E-state index in [1.54, 1.807) is 36.4 Å². The highest BCUT2D eigenvalue weighted by Crippen LogP contribution is 2.12. The second-order valence-corrected chi connectivity index (χ2v) is 6.51. The van der Waals surface area contributed by atoms with Crippen LogP contribution in [-0.2, 0) is 11.2 Å². The van der Waals surface area contributed by atoms with Crippen LogP contribution in [0.5, 0.6) is 0 Å². The summed E-state index contributed by atoms with van der Waals surface area (Å²) >= 11 is 5.87. The van der Waals surface area contributed by atoms with Crippen molar-refractivity contribution in [3.63, 3.8) is 0 Å². The Balaban J connectivity index is 1.77. The number of para-hydroxylation sites is 1. The minimum Gasteiger partial charge on any atom is -0.340 e. The topological polar surface area (TPSA) is 58.2 Å². The van der Waals surface area contributed by atoms with Crippen molar-refractivity contribution in [2.24, 2.45) is 0 Å². The minimum atomic E-state index is -0.712. The first-order chi connectivity index (χ1) is 13.1. The van der Waals surface area contributed by atoms with Gasteiger partial charge in [0.15, 0.2) is 0 Å². The SMILES string of the molecule is O=C(N[C@H](Cc1ccccc1)C(=O)Nc1ccccc1)c1ccc(Cl)cc1. The van der Waals surface area contributed by atoms with Crippen LogP contribution in [0.1, 0.15) is 15.9 Å². The molecule has 0 bridgehead atoms. The van der Waals surface area contributed by atoms with E-state index >= 15 is 0 Å². The van der Waals surface area contributed by atoms with E-state index in [1.807, 2.05) is 48.5 Å². The van der Waals surface area contributed by atoms with Crippen molar-refractivity contribution < 1.29 is 9.59 Å².